The highest BCUT2D eigenvalue weighted by molar-refractivity contribution is 6.06. The van der Waals surface area contributed by atoms with E-state index in [0.717, 1.165) is 18.8 Å². The normalized spacial score (nSPS) is 11.6. The van der Waals surface area contributed by atoms with Gasteiger partial charge in [-0.2, -0.15) is 0 Å². The number of rotatable bonds is 14. The van der Waals surface area contributed by atoms with Crippen molar-refractivity contribution in [3.05, 3.63) is 54.1 Å². The molecule has 0 fully saturated rings. The first-order valence-electron chi connectivity index (χ1n) is 12.4. The van der Waals surface area contributed by atoms with Crippen LogP contribution in [-0.4, -0.2) is 32.1 Å². The van der Waals surface area contributed by atoms with Crippen molar-refractivity contribution in [2.24, 2.45) is 0 Å². The van der Waals surface area contributed by atoms with Crippen LogP contribution < -0.4 is 4.74 Å². The molecular weight excluding hydrogens is 378 g/mol. The molecule has 0 aromatic heterocycles. The zero-order chi connectivity index (χ0) is 21.9. The summed E-state index contributed by atoms with van der Waals surface area (Å²) in [5.41, 5.74) is 1.29. The number of benzene rings is 3. The lowest BCUT2D eigenvalue weighted by Gasteiger charge is -2.15. The minimum Gasteiger partial charge on any atom is -0.492 e. The van der Waals surface area contributed by atoms with E-state index in [1.165, 1.54) is 91.4 Å². The molecule has 0 saturated heterocycles. The Morgan fingerprint density at radius 1 is 0.677 bits per heavy atom. The fourth-order valence-corrected chi connectivity index (χ4v) is 4.52. The van der Waals surface area contributed by atoms with Crippen LogP contribution in [-0.2, 0) is 0 Å². The minimum atomic E-state index is 0.809. The van der Waals surface area contributed by atoms with Crippen LogP contribution in [0, 0.1) is 6.92 Å². The summed E-state index contributed by atoms with van der Waals surface area (Å²) in [6, 6.07) is 17.4. The lowest BCUT2D eigenvalue weighted by molar-refractivity contribution is 0.311. The van der Waals surface area contributed by atoms with Crippen LogP contribution in [0.15, 0.2) is 48.5 Å². The van der Waals surface area contributed by atoms with Gasteiger partial charge in [-0.05, 0) is 62.8 Å². The Labute approximate surface area is 189 Å². The Morgan fingerprint density at radius 2 is 1.29 bits per heavy atom. The summed E-state index contributed by atoms with van der Waals surface area (Å²) in [5, 5.41) is 5.04. The lowest BCUT2D eigenvalue weighted by atomic mass is 9.99. The van der Waals surface area contributed by atoms with Crippen LogP contribution in [0.4, 0.5) is 0 Å². The van der Waals surface area contributed by atoms with Gasteiger partial charge in [-0.1, -0.05) is 93.8 Å². The summed E-state index contributed by atoms with van der Waals surface area (Å²) < 4.78 is 6.41. The molecule has 2 nitrogen and oxygen atoms in total. The SMILES string of the molecule is Cc1cccc2cc3ccccc3c(OCCCCCCCCCCCCN(C)C)c12. The Bertz CT molecular complexity index is 931. The zero-order valence-corrected chi connectivity index (χ0v) is 20.0. The van der Waals surface area contributed by atoms with Crippen LogP contribution in [0.2, 0.25) is 0 Å². The summed E-state index contributed by atoms with van der Waals surface area (Å²) in [6.45, 7) is 4.23. The van der Waals surface area contributed by atoms with E-state index >= 15 is 0 Å². The van der Waals surface area contributed by atoms with E-state index in [2.05, 4.69) is 74.4 Å². The van der Waals surface area contributed by atoms with Crippen LogP contribution in [0.1, 0.15) is 69.8 Å². The van der Waals surface area contributed by atoms with Gasteiger partial charge < -0.3 is 9.64 Å². The third kappa shape index (κ3) is 7.25. The van der Waals surface area contributed by atoms with Crippen LogP contribution >= 0.6 is 0 Å². The van der Waals surface area contributed by atoms with Gasteiger partial charge in [0.2, 0.25) is 0 Å². The second-order valence-corrected chi connectivity index (χ2v) is 9.29. The second kappa shape index (κ2) is 12.7. The number of ether oxygens (including phenoxy) is 1. The topological polar surface area (TPSA) is 12.5 Å². The monoisotopic (exact) mass is 419 g/mol. The second-order valence-electron chi connectivity index (χ2n) is 9.29. The number of hydrogen-bond acceptors (Lipinski definition) is 2. The van der Waals surface area contributed by atoms with Crippen LogP contribution in [0.5, 0.6) is 5.75 Å². The molecule has 0 bridgehead atoms. The van der Waals surface area contributed by atoms with Crippen LogP contribution in [0.25, 0.3) is 21.5 Å². The van der Waals surface area contributed by atoms with Gasteiger partial charge >= 0.3 is 0 Å². The molecule has 0 aliphatic rings. The average Bonchev–Trinajstić information content (AvgIpc) is 2.76. The quantitative estimate of drug-likeness (QED) is 0.193. The fraction of sp³-hybridized carbons (Fsp3) is 0.517. The van der Waals surface area contributed by atoms with Gasteiger partial charge in [-0.25, -0.2) is 0 Å². The Balaban J connectivity index is 1.37. The summed E-state index contributed by atoms with van der Waals surface area (Å²) in [5.74, 6) is 1.07. The summed E-state index contributed by atoms with van der Waals surface area (Å²) in [4.78, 5) is 2.29. The van der Waals surface area contributed by atoms with Crippen molar-refractivity contribution in [3.63, 3.8) is 0 Å². The number of unbranched alkanes of at least 4 members (excludes halogenated alkanes) is 9. The van der Waals surface area contributed by atoms with Crippen molar-refractivity contribution in [1.29, 1.82) is 0 Å². The van der Waals surface area contributed by atoms with Gasteiger partial charge in [0.05, 0.1) is 6.61 Å². The van der Waals surface area contributed by atoms with Crippen LogP contribution in [0.3, 0.4) is 0 Å². The summed E-state index contributed by atoms with van der Waals surface area (Å²) in [6.07, 6.45) is 13.4. The van der Waals surface area contributed by atoms with Crippen molar-refractivity contribution in [3.8, 4) is 5.75 Å². The molecule has 0 amide bonds. The first-order valence-corrected chi connectivity index (χ1v) is 12.4. The first-order chi connectivity index (χ1) is 15.2. The van der Waals surface area contributed by atoms with Gasteiger partial charge in [0.1, 0.15) is 5.75 Å². The minimum absolute atomic E-state index is 0.809. The van der Waals surface area contributed by atoms with Crippen molar-refractivity contribution in [2.45, 2.75) is 71.1 Å². The van der Waals surface area contributed by atoms with E-state index < -0.39 is 0 Å². The van der Waals surface area contributed by atoms with E-state index in [-0.39, 0.29) is 0 Å². The largest absolute Gasteiger partial charge is 0.492 e. The van der Waals surface area contributed by atoms with Gasteiger partial charge in [0, 0.05) is 10.8 Å². The van der Waals surface area contributed by atoms with Gasteiger partial charge in [0.15, 0.2) is 0 Å². The summed E-state index contributed by atoms with van der Waals surface area (Å²) in [7, 11) is 4.33. The number of fused-ring (bicyclic) bond motifs is 2. The molecule has 31 heavy (non-hydrogen) atoms. The number of hydrogen-bond donors (Lipinski definition) is 0. The molecule has 0 radical (unpaired) electrons. The molecule has 168 valence electrons. The number of nitrogens with zero attached hydrogens (tertiary/aromatic N) is 1. The molecule has 3 rings (SSSR count). The maximum Gasteiger partial charge on any atom is 0.135 e. The molecule has 3 aromatic rings. The van der Waals surface area contributed by atoms with Crippen molar-refractivity contribution < 1.29 is 4.74 Å². The Kier molecular flexibility index (Phi) is 9.68. The zero-order valence-electron chi connectivity index (χ0n) is 20.0. The highest BCUT2D eigenvalue weighted by Gasteiger charge is 2.10. The smallest absolute Gasteiger partial charge is 0.135 e. The molecule has 2 heteroatoms. The molecule has 0 spiro atoms. The molecular formula is C29H41NO. The molecule has 0 saturated carbocycles. The van der Waals surface area contributed by atoms with E-state index in [9.17, 15) is 0 Å². The Hall–Kier alpha value is -2.06. The lowest BCUT2D eigenvalue weighted by Crippen LogP contribution is -2.12. The molecule has 3 aromatic carbocycles. The standard InChI is InChI=1S/C29H41NO/c1-24-17-16-19-26-23-25-18-12-13-20-27(25)29(28(24)26)31-22-15-11-9-7-5-4-6-8-10-14-21-30(2)3/h12-13,16-20,23H,4-11,14-15,21-22H2,1-3H3. The van der Waals surface area contributed by atoms with Gasteiger partial charge in [0.25, 0.3) is 0 Å². The molecule has 0 N–H and O–H groups in total. The maximum atomic E-state index is 6.41. The van der Waals surface area contributed by atoms with Crippen molar-refractivity contribution in [2.75, 3.05) is 27.2 Å². The molecule has 0 aliphatic carbocycles. The third-order valence-corrected chi connectivity index (χ3v) is 6.29. The van der Waals surface area contributed by atoms with E-state index in [4.69, 9.17) is 4.74 Å². The predicted molar refractivity (Wildman–Crippen MR) is 136 cm³/mol. The van der Waals surface area contributed by atoms with Crippen molar-refractivity contribution in [1.82, 2.24) is 4.90 Å². The maximum absolute atomic E-state index is 6.41. The average molecular weight is 420 g/mol. The predicted octanol–water partition coefficient (Wildman–Crippen LogP) is 8.14. The molecule has 0 atom stereocenters. The Morgan fingerprint density at radius 3 is 2.00 bits per heavy atom. The van der Waals surface area contributed by atoms with Gasteiger partial charge in [-0.15, -0.1) is 0 Å². The third-order valence-electron chi connectivity index (χ3n) is 6.29. The first kappa shape index (κ1) is 23.6. The summed E-state index contributed by atoms with van der Waals surface area (Å²) >= 11 is 0. The molecule has 0 unspecified atom stereocenters. The fourth-order valence-electron chi connectivity index (χ4n) is 4.52. The highest BCUT2D eigenvalue weighted by atomic mass is 16.5. The molecule has 0 heterocycles. The molecule has 0 aliphatic heterocycles. The number of aryl methyl sites for hydroxylation is 1. The van der Waals surface area contributed by atoms with E-state index in [1.807, 2.05) is 0 Å². The van der Waals surface area contributed by atoms with Crippen molar-refractivity contribution >= 4 is 21.5 Å². The van der Waals surface area contributed by atoms with E-state index in [1.54, 1.807) is 0 Å². The highest BCUT2D eigenvalue weighted by Crippen LogP contribution is 2.36. The van der Waals surface area contributed by atoms with E-state index in [0.29, 0.717) is 0 Å². The van der Waals surface area contributed by atoms with Gasteiger partial charge in [-0.3, -0.25) is 0 Å².